The average Bonchev–Trinajstić information content (AvgIpc) is 2.74. The summed E-state index contributed by atoms with van der Waals surface area (Å²) in [6, 6.07) is 7.36. The molecule has 0 aromatic heterocycles. The van der Waals surface area contributed by atoms with Gasteiger partial charge in [-0.05, 0) is 19.4 Å². The molecule has 0 aliphatic carbocycles. The molecule has 0 fully saturated rings. The second kappa shape index (κ2) is 13.6. The third-order valence-corrected chi connectivity index (χ3v) is 3.91. The fourth-order valence-corrected chi connectivity index (χ4v) is 2.51. The second-order valence-electron chi connectivity index (χ2n) is 6.23. The summed E-state index contributed by atoms with van der Waals surface area (Å²) in [5.41, 5.74) is 6.07. The van der Waals surface area contributed by atoms with Crippen molar-refractivity contribution in [2.24, 2.45) is 11.7 Å². The lowest BCUT2D eigenvalue weighted by atomic mass is 9.95. The van der Waals surface area contributed by atoms with Crippen molar-refractivity contribution < 1.29 is 38.2 Å². The van der Waals surface area contributed by atoms with Gasteiger partial charge in [-0.25, -0.2) is 4.79 Å². The number of carbonyl (C=O) groups is 5. The molecule has 4 N–H and O–H groups in total. The van der Waals surface area contributed by atoms with Crippen LogP contribution in [0.15, 0.2) is 30.3 Å². The van der Waals surface area contributed by atoms with Gasteiger partial charge in [0.15, 0.2) is 0 Å². The van der Waals surface area contributed by atoms with Crippen LogP contribution in [-0.4, -0.2) is 55.6 Å². The molecule has 1 rings (SSSR count). The van der Waals surface area contributed by atoms with E-state index in [1.807, 2.05) is 6.07 Å². The van der Waals surface area contributed by atoms with Gasteiger partial charge < -0.3 is 30.6 Å². The molecule has 0 aliphatic rings. The Bertz CT molecular complexity index is 769. The number of hydrogen-bond acceptors (Lipinski definition) is 8. The lowest BCUT2D eigenvalue weighted by molar-refractivity contribution is -0.157. The van der Waals surface area contributed by atoms with Gasteiger partial charge in [-0.1, -0.05) is 30.3 Å². The van der Waals surface area contributed by atoms with Crippen LogP contribution in [0.25, 0.3) is 0 Å². The number of ether oxygens (including phenoxy) is 3. The van der Waals surface area contributed by atoms with Gasteiger partial charge >= 0.3 is 18.0 Å². The maximum atomic E-state index is 12.2. The van der Waals surface area contributed by atoms with Crippen molar-refractivity contribution in [3.8, 4) is 0 Å². The zero-order valence-corrected chi connectivity index (χ0v) is 17.4. The Hall–Kier alpha value is -3.63. The number of nitrogens with one attached hydrogen (secondary N) is 2. The summed E-state index contributed by atoms with van der Waals surface area (Å²) in [7, 11) is 0. The molecule has 2 atom stereocenters. The Morgan fingerprint density at radius 1 is 0.968 bits per heavy atom. The van der Waals surface area contributed by atoms with Crippen LogP contribution in [-0.2, 0) is 40.0 Å². The van der Waals surface area contributed by atoms with Crippen molar-refractivity contribution in [2.75, 3.05) is 19.8 Å². The SMILES string of the molecule is CCOC(=O)C[C@H](C(=O)OCC)[C@@H](NC(=O)CNC(=O)OCc1ccccc1)C(N)=O. The van der Waals surface area contributed by atoms with E-state index < -0.39 is 54.8 Å². The van der Waals surface area contributed by atoms with E-state index >= 15 is 0 Å². The Kier molecular flexibility index (Phi) is 11.1. The number of primary amides is 1. The van der Waals surface area contributed by atoms with Gasteiger partial charge in [-0.3, -0.25) is 19.2 Å². The van der Waals surface area contributed by atoms with Crippen molar-refractivity contribution in [3.63, 3.8) is 0 Å². The number of nitrogens with two attached hydrogens (primary N) is 1. The third-order valence-electron chi connectivity index (χ3n) is 3.91. The first-order valence-electron chi connectivity index (χ1n) is 9.63. The normalized spacial score (nSPS) is 12.1. The summed E-state index contributed by atoms with van der Waals surface area (Å²) < 4.78 is 14.6. The number of hydrogen-bond donors (Lipinski definition) is 3. The van der Waals surface area contributed by atoms with E-state index in [9.17, 15) is 24.0 Å². The minimum absolute atomic E-state index is 0.00265. The average molecular weight is 437 g/mol. The molecule has 0 aliphatic heterocycles. The number of benzene rings is 1. The topological polar surface area (TPSA) is 163 Å². The van der Waals surface area contributed by atoms with Crippen molar-refractivity contribution in [1.82, 2.24) is 10.6 Å². The molecule has 0 spiro atoms. The summed E-state index contributed by atoms with van der Waals surface area (Å²) in [6.45, 7) is 2.63. The van der Waals surface area contributed by atoms with Crippen molar-refractivity contribution >= 4 is 29.8 Å². The maximum Gasteiger partial charge on any atom is 0.407 e. The molecule has 0 unspecified atom stereocenters. The van der Waals surface area contributed by atoms with E-state index in [0.717, 1.165) is 5.56 Å². The molecule has 11 nitrogen and oxygen atoms in total. The van der Waals surface area contributed by atoms with Gasteiger partial charge in [0.1, 0.15) is 19.2 Å². The highest BCUT2D eigenvalue weighted by atomic mass is 16.5. The van der Waals surface area contributed by atoms with E-state index in [1.54, 1.807) is 38.1 Å². The fraction of sp³-hybridized carbons (Fsp3) is 0.450. The second-order valence-corrected chi connectivity index (χ2v) is 6.23. The predicted molar refractivity (Wildman–Crippen MR) is 107 cm³/mol. The van der Waals surface area contributed by atoms with Crippen LogP contribution in [0.4, 0.5) is 4.79 Å². The summed E-state index contributed by atoms with van der Waals surface area (Å²) in [4.78, 5) is 59.8. The third kappa shape index (κ3) is 9.61. The van der Waals surface area contributed by atoms with Crippen LogP contribution < -0.4 is 16.4 Å². The molecule has 0 bridgehead atoms. The zero-order valence-electron chi connectivity index (χ0n) is 17.4. The molecular formula is C20H27N3O8. The molecular weight excluding hydrogens is 410 g/mol. The molecule has 0 saturated heterocycles. The molecule has 170 valence electrons. The Balaban J connectivity index is 2.67. The standard InChI is InChI=1S/C20H27N3O8/c1-3-29-16(25)10-14(19(27)30-4-2)17(18(21)26)23-15(24)11-22-20(28)31-12-13-8-6-5-7-9-13/h5-9,14,17H,3-4,10-12H2,1-2H3,(H2,21,26)(H,22,28)(H,23,24)/t14-,17+/m0/s1. The highest BCUT2D eigenvalue weighted by Crippen LogP contribution is 2.13. The van der Waals surface area contributed by atoms with Gasteiger partial charge in [0, 0.05) is 0 Å². The van der Waals surface area contributed by atoms with Crippen LogP contribution in [0.3, 0.4) is 0 Å². The first-order valence-corrected chi connectivity index (χ1v) is 9.63. The van der Waals surface area contributed by atoms with Crippen molar-refractivity contribution in [2.45, 2.75) is 32.9 Å². The summed E-state index contributed by atoms with van der Waals surface area (Å²) in [6.07, 6.45) is -1.38. The van der Waals surface area contributed by atoms with Crippen LogP contribution in [0.5, 0.6) is 0 Å². The number of esters is 2. The molecule has 1 aromatic rings. The Morgan fingerprint density at radius 3 is 2.19 bits per heavy atom. The summed E-state index contributed by atoms with van der Waals surface area (Å²) in [5, 5.41) is 4.46. The molecule has 11 heteroatoms. The zero-order chi connectivity index (χ0) is 23.2. The number of amides is 3. The van der Waals surface area contributed by atoms with Crippen LogP contribution >= 0.6 is 0 Å². The van der Waals surface area contributed by atoms with E-state index in [2.05, 4.69) is 10.6 Å². The minimum atomic E-state index is -1.54. The van der Waals surface area contributed by atoms with Gasteiger partial charge in [0.05, 0.1) is 25.6 Å². The molecule has 0 heterocycles. The van der Waals surface area contributed by atoms with Gasteiger partial charge in [0.2, 0.25) is 11.8 Å². The highest BCUT2D eigenvalue weighted by Gasteiger charge is 2.37. The fourth-order valence-electron chi connectivity index (χ4n) is 2.51. The lowest BCUT2D eigenvalue weighted by Gasteiger charge is -2.23. The van der Waals surface area contributed by atoms with Crippen molar-refractivity contribution in [3.05, 3.63) is 35.9 Å². The number of alkyl carbamates (subject to hydrolysis) is 1. The highest BCUT2D eigenvalue weighted by molar-refractivity contribution is 5.93. The smallest absolute Gasteiger partial charge is 0.407 e. The molecule has 31 heavy (non-hydrogen) atoms. The van der Waals surface area contributed by atoms with Crippen LogP contribution in [0.2, 0.25) is 0 Å². The summed E-state index contributed by atoms with van der Waals surface area (Å²) >= 11 is 0. The van der Waals surface area contributed by atoms with Crippen LogP contribution in [0, 0.1) is 5.92 Å². The van der Waals surface area contributed by atoms with Gasteiger partial charge in [-0.15, -0.1) is 0 Å². The van der Waals surface area contributed by atoms with E-state index in [1.165, 1.54) is 0 Å². The molecule has 3 amide bonds. The first-order chi connectivity index (χ1) is 14.8. The largest absolute Gasteiger partial charge is 0.466 e. The van der Waals surface area contributed by atoms with Gasteiger partial charge in [-0.2, -0.15) is 0 Å². The van der Waals surface area contributed by atoms with Crippen LogP contribution in [0.1, 0.15) is 25.8 Å². The monoisotopic (exact) mass is 437 g/mol. The van der Waals surface area contributed by atoms with E-state index in [0.29, 0.717) is 0 Å². The molecule has 0 saturated carbocycles. The first kappa shape index (κ1) is 25.4. The van der Waals surface area contributed by atoms with Crippen molar-refractivity contribution in [1.29, 1.82) is 0 Å². The predicted octanol–water partition coefficient (Wildman–Crippen LogP) is 0.0154. The quantitative estimate of drug-likeness (QED) is 0.304. The number of carbonyl (C=O) groups excluding carboxylic acids is 5. The Labute approximate surface area is 179 Å². The minimum Gasteiger partial charge on any atom is -0.466 e. The van der Waals surface area contributed by atoms with E-state index in [-0.39, 0.29) is 19.8 Å². The van der Waals surface area contributed by atoms with E-state index in [4.69, 9.17) is 19.9 Å². The van der Waals surface area contributed by atoms with Gasteiger partial charge in [0.25, 0.3) is 0 Å². The lowest BCUT2D eigenvalue weighted by Crippen LogP contribution is -2.54. The summed E-state index contributed by atoms with van der Waals surface area (Å²) in [5.74, 6) is -4.91. The molecule has 0 radical (unpaired) electrons. The molecule has 1 aromatic carbocycles. The number of rotatable bonds is 12. The Morgan fingerprint density at radius 2 is 1.61 bits per heavy atom. The maximum absolute atomic E-state index is 12.2.